The second-order valence-electron chi connectivity index (χ2n) is 6.24. The van der Waals surface area contributed by atoms with Gasteiger partial charge in [0.05, 0.1) is 38.1 Å². The SMILES string of the molecule is CCC[NH2+]CCC.CCC[NH2+]CCC.O=C([O-])[C@@H](O)[C@H](O)[C@H](O)[C@@H](O)C(=O)[O-]. The van der Waals surface area contributed by atoms with Crippen molar-refractivity contribution in [1.29, 1.82) is 0 Å². The molecule has 0 saturated heterocycles. The molecule has 0 aliphatic rings. The van der Waals surface area contributed by atoms with Crippen LogP contribution in [0.25, 0.3) is 0 Å². The van der Waals surface area contributed by atoms with Gasteiger partial charge in [-0.1, -0.05) is 27.7 Å². The van der Waals surface area contributed by atoms with Crippen LogP contribution in [0.3, 0.4) is 0 Å². The van der Waals surface area contributed by atoms with E-state index in [9.17, 15) is 19.8 Å². The van der Waals surface area contributed by atoms with Crippen LogP contribution in [-0.4, -0.2) is 83.0 Å². The highest BCUT2D eigenvalue weighted by molar-refractivity contribution is 5.72. The third-order valence-corrected chi connectivity index (χ3v) is 3.45. The van der Waals surface area contributed by atoms with Gasteiger partial charge in [-0.15, -0.1) is 0 Å². The average molecular weight is 413 g/mol. The summed E-state index contributed by atoms with van der Waals surface area (Å²) in [5.41, 5.74) is 0. The number of aliphatic carboxylic acids is 2. The summed E-state index contributed by atoms with van der Waals surface area (Å²) in [5, 5.41) is 59.5. The van der Waals surface area contributed by atoms with E-state index in [0.717, 1.165) is 0 Å². The van der Waals surface area contributed by atoms with Crippen molar-refractivity contribution < 1.29 is 50.9 Å². The van der Waals surface area contributed by atoms with Gasteiger partial charge in [0, 0.05) is 0 Å². The molecule has 0 fully saturated rings. The van der Waals surface area contributed by atoms with Gasteiger partial charge < -0.3 is 50.9 Å². The lowest BCUT2D eigenvalue weighted by atomic mass is 10.0. The lowest BCUT2D eigenvalue weighted by molar-refractivity contribution is -0.654. The third kappa shape index (κ3) is 19.5. The minimum absolute atomic E-state index is 1.30. The first-order chi connectivity index (χ1) is 13.1. The van der Waals surface area contributed by atoms with Crippen molar-refractivity contribution in [3.63, 3.8) is 0 Å². The van der Waals surface area contributed by atoms with E-state index >= 15 is 0 Å². The van der Waals surface area contributed by atoms with Gasteiger partial charge >= 0.3 is 0 Å². The van der Waals surface area contributed by atoms with E-state index in [1.165, 1.54) is 51.9 Å². The molecule has 4 atom stereocenters. The number of quaternary nitrogens is 2. The van der Waals surface area contributed by atoms with E-state index in [-0.39, 0.29) is 0 Å². The quantitative estimate of drug-likeness (QED) is 0.161. The average Bonchev–Trinajstić information content (AvgIpc) is 2.67. The summed E-state index contributed by atoms with van der Waals surface area (Å²) in [4.78, 5) is 19.9. The van der Waals surface area contributed by atoms with Crippen LogP contribution >= 0.6 is 0 Å². The van der Waals surface area contributed by atoms with E-state index in [2.05, 4.69) is 38.3 Å². The van der Waals surface area contributed by atoms with E-state index in [1.54, 1.807) is 0 Å². The number of carbonyl (C=O) groups is 2. The second kappa shape index (κ2) is 22.0. The zero-order chi connectivity index (χ0) is 22.5. The first-order valence-corrected chi connectivity index (χ1v) is 9.89. The highest BCUT2D eigenvalue weighted by atomic mass is 16.4. The van der Waals surface area contributed by atoms with Gasteiger partial charge in [-0.2, -0.15) is 0 Å². The van der Waals surface area contributed by atoms with Crippen molar-refractivity contribution in [2.24, 2.45) is 0 Å². The summed E-state index contributed by atoms with van der Waals surface area (Å²) in [5.74, 6) is -4.22. The molecule has 0 saturated carbocycles. The van der Waals surface area contributed by atoms with Crippen LogP contribution in [-0.2, 0) is 9.59 Å². The fourth-order valence-corrected chi connectivity index (χ4v) is 1.76. The van der Waals surface area contributed by atoms with Gasteiger partial charge in [0.25, 0.3) is 0 Å². The third-order valence-electron chi connectivity index (χ3n) is 3.45. The van der Waals surface area contributed by atoms with Gasteiger partial charge in [0.2, 0.25) is 0 Å². The van der Waals surface area contributed by atoms with Gasteiger partial charge in [0.15, 0.2) is 0 Å². The molecule has 0 aromatic heterocycles. The molecule has 0 radical (unpaired) electrons. The van der Waals surface area contributed by atoms with Crippen LogP contribution in [0.15, 0.2) is 0 Å². The monoisotopic (exact) mass is 412 g/mol. The highest BCUT2D eigenvalue weighted by Gasteiger charge is 2.31. The molecule has 0 amide bonds. The smallest absolute Gasteiger partial charge is 0.122 e. The Labute approximate surface area is 167 Å². The zero-order valence-electron chi connectivity index (χ0n) is 17.5. The molecule has 170 valence electrons. The van der Waals surface area contributed by atoms with Gasteiger partial charge in [0.1, 0.15) is 24.4 Å². The molecule has 0 aromatic carbocycles. The minimum atomic E-state index is -2.50. The molecule has 0 aromatic rings. The second-order valence-corrected chi connectivity index (χ2v) is 6.24. The maximum Gasteiger partial charge on any atom is 0.122 e. The Kier molecular flexibility index (Phi) is 24.7. The fraction of sp³-hybridized carbons (Fsp3) is 0.889. The number of carboxylic acids is 2. The number of aliphatic hydroxyl groups is 4. The largest absolute Gasteiger partial charge is 0.547 e. The summed E-state index contributed by atoms with van der Waals surface area (Å²) in [6.45, 7) is 14.1. The molecule has 28 heavy (non-hydrogen) atoms. The van der Waals surface area contributed by atoms with Crippen molar-refractivity contribution in [2.75, 3.05) is 26.2 Å². The Morgan fingerprint density at radius 2 is 0.857 bits per heavy atom. The Morgan fingerprint density at radius 3 is 1.00 bits per heavy atom. The van der Waals surface area contributed by atoms with Gasteiger partial charge in [-0.05, 0) is 25.7 Å². The molecule has 0 bridgehead atoms. The van der Waals surface area contributed by atoms with Crippen molar-refractivity contribution in [2.45, 2.75) is 77.8 Å². The maximum absolute atomic E-state index is 9.96. The molecule has 0 aliphatic heterocycles. The first-order valence-electron chi connectivity index (χ1n) is 9.89. The molecule has 10 nitrogen and oxygen atoms in total. The Balaban J connectivity index is -0.000000375. The van der Waals surface area contributed by atoms with Gasteiger partial charge in [-0.3, -0.25) is 0 Å². The maximum atomic E-state index is 9.96. The topological polar surface area (TPSA) is 194 Å². The molecular formula is C18H40N2O8. The van der Waals surface area contributed by atoms with Crippen molar-refractivity contribution in [1.82, 2.24) is 0 Å². The molecule has 10 heteroatoms. The number of hydrogen-bond donors (Lipinski definition) is 6. The summed E-state index contributed by atoms with van der Waals surface area (Å²) < 4.78 is 0. The number of carbonyl (C=O) groups excluding carboxylic acids is 2. The Hall–Kier alpha value is -1.30. The van der Waals surface area contributed by atoms with Crippen molar-refractivity contribution in [3.05, 3.63) is 0 Å². The van der Waals surface area contributed by atoms with E-state index in [1.807, 2.05) is 0 Å². The summed E-state index contributed by atoms with van der Waals surface area (Å²) in [6, 6.07) is 0. The Morgan fingerprint density at radius 1 is 0.643 bits per heavy atom. The van der Waals surface area contributed by atoms with E-state index in [4.69, 9.17) is 20.4 Å². The number of nitrogens with two attached hydrogens (primary N) is 2. The Bertz CT molecular complexity index is 329. The van der Waals surface area contributed by atoms with Crippen molar-refractivity contribution in [3.8, 4) is 0 Å². The predicted molar refractivity (Wildman–Crippen MR) is 98.5 cm³/mol. The minimum Gasteiger partial charge on any atom is -0.547 e. The van der Waals surface area contributed by atoms with E-state index < -0.39 is 36.4 Å². The van der Waals surface area contributed by atoms with Crippen LogP contribution in [0.1, 0.15) is 53.4 Å². The van der Waals surface area contributed by atoms with Gasteiger partial charge in [-0.25, -0.2) is 0 Å². The first kappa shape index (κ1) is 31.4. The molecule has 0 spiro atoms. The molecule has 8 N–H and O–H groups in total. The fourth-order valence-electron chi connectivity index (χ4n) is 1.76. The summed E-state index contributed by atoms with van der Waals surface area (Å²) in [7, 11) is 0. The standard InChI is InChI=1S/2C6H15N.C6H10O8/c2*1-3-5-7-6-4-2;7-1(3(9)5(11)12)2(8)4(10)6(13)14/h2*7H,3-6H2,1-2H3;1-4,7-10H,(H,11,12)(H,13,14)/t;;1-,2+,3+,4-. The normalized spacial score (nSPS) is 14.4. The highest BCUT2D eigenvalue weighted by Crippen LogP contribution is 2.04. The molecule has 0 aliphatic carbocycles. The van der Waals surface area contributed by atoms with Crippen LogP contribution in [0.2, 0.25) is 0 Å². The lowest BCUT2D eigenvalue weighted by Gasteiger charge is -2.27. The lowest BCUT2D eigenvalue weighted by Crippen LogP contribution is -2.84. The summed E-state index contributed by atoms with van der Waals surface area (Å²) in [6.07, 6.45) is -4.54. The molecule has 0 heterocycles. The number of aliphatic hydroxyl groups excluding tert-OH is 4. The predicted octanol–water partition coefficient (Wildman–Crippen LogP) is -5.33. The number of rotatable bonds is 13. The number of hydrogen-bond acceptors (Lipinski definition) is 8. The summed E-state index contributed by atoms with van der Waals surface area (Å²) >= 11 is 0. The molecule has 0 unspecified atom stereocenters. The number of carboxylic acid groups (broad SMARTS) is 2. The van der Waals surface area contributed by atoms with Crippen LogP contribution in [0, 0.1) is 0 Å². The molecular weight excluding hydrogens is 372 g/mol. The van der Waals surface area contributed by atoms with Crippen LogP contribution in [0.4, 0.5) is 0 Å². The van der Waals surface area contributed by atoms with E-state index in [0.29, 0.717) is 0 Å². The zero-order valence-corrected chi connectivity index (χ0v) is 17.5. The van der Waals surface area contributed by atoms with Crippen LogP contribution in [0.5, 0.6) is 0 Å². The molecule has 0 rings (SSSR count). The van der Waals surface area contributed by atoms with Crippen LogP contribution < -0.4 is 20.8 Å². The van der Waals surface area contributed by atoms with Crippen molar-refractivity contribution >= 4 is 11.9 Å².